The fraction of sp³-hybridized carbons (Fsp3) is 0.158. The first kappa shape index (κ1) is 19.9. The van der Waals surface area contributed by atoms with E-state index in [1.54, 1.807) is 36.4 Å². The van der Waals surface area contributed by atoms with Crippen molar-refractivity contribution < 1.29 is 18.7 Å². The van der Waals surface area contributed by atoms with Crippen molar-refractivity contribution >= 4 is 56.2 Å². The summed E-state index contributed by atoms with van der Waals surface area (Å²) in [7, 11) is 0. The maximum absolute atomic E-state index is 13.8. The van der Waals surface area contributed by atoms with Crippen molar-refractivity contribution in [2.45, 2.75) is 13.5 Å². The van der Waals surface area contributed by atoms with E-state index in [1.807, 2.05) is 6.92 Å². The van der Waals surface area contributed by atoms with E-state index in [0.29, 0.717) is 37.4 Å². The summed E-state index contributed by atoms with van der Waals surface area (Å²) in [6.07, 6.45) is 1.73. The van der Waals surface area contributed by atoms with Crippen molar-refractivity contribution in [3.8, 4) is 11.5 Å². The number of hydrogen-bond acceptors (Lipinski definition) is 5. The number of carbonyl (C=O) groups excluding carboxylic acids is 1. The molecule has 2 aromatic rings. The minimum Gasteiger partial charge on any atom is -0.490 e. The Kier molecular flexibility index (Phi) is 6.51. The molecule has 140 valence electrons. The number of ether oxygens (including phenoxy) is 2. The lowest BCUT2D eigenvalue weighted by molar-refractivity contribution is -0.115. The molecule has 0 unspecified atom stereocenters. The second kappa shape index (κ2) is 8.86. The normalized spacial score (nSPS) is 15.1. The molecular weight excluding hydrogens is 453 g/mol. The minimum atomic E-state index is -0.326. The third-order valence-corrected chi connectivity index (χ3v) is 5.35. The summed E-state index contributed by atoms with van der Waals surface area (Å²) in [6.45, 7) is 2.36. The van der Waals surface area contributed by atoms with Gasteiger partial charge in [0.15, 0.2) is 11.5 Å². The van der Waals surface area contributed by atoms with Gasteiger partial charge in [-0.25, -0.2) is 4.39 Å². The van der Waals surface area contributed by atoms with Crippen LogP contribution in [0.3, 0.4) is 0 Å². The highest BCUT2D eigenvalue weighted by Gasteiger charge is 2.22. The molecule has 1 fully saturated rings. The van der Waals surface area contributed by atoms with Crippen molar-refractivity contribution in [2.24, 2.45) is 0 Å². The van der Waals surface area contributed by atoms with Crippen LogP contribution in [0.4, 0.5) is 4.39 Å². The lowest BCUT2D eigenvalue weighted by atomic mass is 10.1. The van der Waals surface area contributed by atoms with E-state index in [-0.39, 0.29) is 18.3 Å². The Morgan fingerprint density at radius 3 is 2.74 bits per heavy atom. The Morgan fingerprint density at radius 1 is 1.30 bits per heavy atom. The van der Waals surface area contributed by atoms with Gasteiger partial charge in [-0.3, -0.25) is 4.79 Å². The molecular formula is C19H15BrFNO3S2. The third kappa shape index (κ3) is 4.88. The molecule has 0 aromatic heterocycles. The lowest BCUT2D eigenvalue weighted by Crippen LogP contribution is -2.17. The summed E-state index contributed by atoms with van der Waals surface area (Å²) in [5.41, 5.74) is 1.21. The molecule has 0 atom stereocenters. The summed E-state index contributed by atoms with van der Waals surface area (Å²) in [5, 5.41) is 2.58. The van der Waals surface area contributed by atoms with Gasteiger partial charge in [-0.15, -0.1) is 0 Å². The smallest absolute Gasteiger partial charge is 0.263 e. The molecule has 3 rings (SSSR count). The average Bonchev–Trinajstić information content (AvgIpc) is 2.93. The van der Waals surface area contributed by atoms with Crippen LogP contribution in [0, 0.1) is 5.82 Å². The monoisotopic (exact) mass is 467 g/mol. The van der Waals surface area contributed by atoms with E-state index in [4.69, 9.17) is 21.7 Å². The molecule has 0 bridgehead atoms. The zero-order valence-corrected chi connectivity index (χ0v) is 17.5. The molecule has 0 aliphatic carbocycles. The van der Waals surface area contributed by atoms with Gasteiger partial charge in [-0.05, 0) is 52.7 Å². The van der Waals surface area contributed by atoms with Gasteiger partial charge in [0.1, 0.15) is 16.7 Å². The number of nitrogens with one attached hydrogen (secondary N) is 1. The fourth-order valence-corrected chi connectivity index (χ4v) is 4.03. The van der Waals surface area contributed by atoms with E-state index in [1.165, 1.54) is 17.8 Å². The summed E-state index contributed by atoms with van der Waals surface area (Å²) >= 11 is 9.69. The molecule has 0 saturated carbocycles. The Labute approximate surface area is 174 Å². The molecule has 2 aromatic carbocycles. The SMILES string of the molecule is CCOc1cc(/C=C2\SC(=S)NC2=O)cc(Br)c1OCc1ccccc1F. The van der Waals surface area contributed by atoms with Crippen LogP contribution >= 0.6 is 39.9 Å². The predicted octanol–water partition coefficient (Wildman–Crippen LogP) is 5.05. The number of halogens is 2. The number of thiocarbonyl (C=S) groups is 1. The largest absolute Gasteiger partial charge is 0.490 e. The van der Waals surface area contributed by atoms with Crippen molar-refractivity contribution in [2.75, 3.05) is 6.61 Å². The van der Waals surface area contributed by atoms with Crippen molar-refractivity contribution in [3.05, 3.63) is 62.7 Å². The molecule has 1 aliphatic heterocycles. The van der Waals surface area contributed by atoms with Gasteiger partial charge < -0.3 is 14.8 Å². The standard InChI is InChI=1S/C19H15BrFNO3S2/c1-2-24-15-8-11(9-16-18(23)22-19(26)27-16)7-13(20)17(15)25-10-12-5-3-4-6-14(12)21/h3-9H,2,10H2,1H3,(H,22,23,26)/b16-9-. The molecule has 0 radical (unpaired) electrons. The van der Waals surface area contributed by atoms with Crippen LogP contribution in [-0.4, -0.2) is 16.8 Å². The Bertz CT molecular complexity index is 933. The van der Waals surface area contributed by atoms with Crippen LogP contribution in [0.15, 0.2) is 45.8 Å². The van der Waals surface area contributed by atoms with Crippen LogP contribution in [0.1, 0.15) is 18.1 Å². The van der Waals surface area contributed by atoms with Crippen LogP contribution in [0.2, 0.25) is 0 Å². The highest BCUT2D eigenvalue weighted by atomic mass is 79.9. The van der Waals surface area contributed by atoms with Crippen molar-refractivity contribution in [1.82, 2.24) is 5.32 Å². The van der Waals surface area contributed by atoms with Gasteiger partial charge in [0.25, 0.3) is 5.91 Å². The lowest BCUT2D eigenvalue weighted by Gasteiger charge is -2.15. The topological polar surface area (TPSA) is 47.6 Å². The maximum atomic E-state index is 13.8. The maximum Gasteiger partial charge on any atom is 0.263 e. The number of rotatable bonds is 6. The Balaban J connectivity index is 1.88. The van der Waals surface area contributed by atoms with Crippen LogP contribution in [0.5, 0.6) is 11.5 Å². The van der Waals surface area contributed by atoms with Crippen LogP contribution in [-0.2, 0) is 11.4 Å². The van der Waals surface area contributed by atoms with Crippen LogP contribution in [0.25, 0.3) is 6.08 Å². The quantitative estimate of drug-likeness (QED) is 0.475. The first-order valence-corrected chi connectivity index (χ1v) is 10.1. The number of benzene rings is 2. The second-order valence-corrected chi connectivity index (χ2v) is 8.07. The second-order valence-electron chi connectivity index (χ2n) is 5.50. The van der Waals surface area contributed by atoms with E-state index in [0.717, 1.165) is 5.56 Å². The molecule has 4 nitrogen and oxygen atoms in total. The average molecular weight is 468 g/mol. The van der Waals surface area contributed by atoms with Gasteiger partial charge in [-0.2, -0.15) is 0 Å². The van der Waals surface area contributed by atoms with E-state index < -0.39 is 0 Å². The molecule has 0 spiro atoms. The first-order valence-electron chi connectivity index (χ1n) is 8.05. The summed E-state index contributed by atoms with van der Waals surface area (Å²) < 4.78 is 26.4. The molecule has 1 amide bonds. The number of hydrogen-bond donors (Lipinski definition) is 1. The number of carbonyl (C=O) groups is 1. The van der Waals surface area contributed by atoms with Gasteiger partial charge in [0.2, 0.25) is 0 Å². The molecule has 1 aliphatic rings. The van der Waals surface area contributed by atoms with Crippen molar-refractivity contribution in [1.29, 1.82) is 0 Å². The minimum absolute atomic E-state index is 0.0678. The molecule has 1 heterocycles. The first-order chi connectivity index (χ1) is 13.0. The highest BCUT2D eigenvalue weighted by Crippen LogP contribution is 2.39. The molecule has 1 N–H and O–H groups in total. The van der Waals surface area contributed by atoms with Gasteiger partial charge >= 0.3 is 0 Å². The van der Waals surface area contributed by atoms with E-state index >= 15 is 0 Å². The zero-order valence-electron chi connectivity index (χ0n) is 14.3. The Morgan fingerprint density at radius 2 is 2.07 bits per heavy atom. The van der Waals surface area contributed by atoms with Gasteiger partial charge in [0.05, 0.1) is 16.0 Å². The molecule has 8 heteroatoms. The zero-order chi connectivity index (χ0) is 19.4. The number of thioether (sulfide) groups is 1. The van der Waals surface area contributed by atoms with Crippen LogP contribution < -0.4 is 14.8 Å². The summed E-state index contributed by atoms with van der Waals surface area (Å²) in [4.78, 5) is 12.4. The molecule has 1 saturated heterocycles. The third-order valence-electron chi connectivity index (χ3n) is 3.60. The van der Waals surface area contributed by atoms with Crippen molar-refractivity contribution in [3.63, 3.8) is 0 Å². The molecule has 27 heavy (non-hydrogen) atoms. The number of amides is 1. The predicted molar refractivity (Wildman–Crippen MR) is 112 cm³/mol. The Hall–Kier alpha value is -1.90. The summed E-state index contributed by atoms with van der Waals surface area (Å²) in [6, 6.07) is 10.0. The van der Waals surface area contributed by atoms with Gasteiger partial charge in [-0.1, -0.05) is 42.2 Å². The highest BCUT2D eigenvalue weighted by molar-refractivity contribution is 9.10. The van der Waals surface area contributed by atoms with E-state index in [2.05, 4.69) is 21.2 Å². The summed E-state index contributed by atoms with van der Waals surface area (Å²) in [5.74, 6) is 0.425. The fourth-order valence-electron chi connectivity index (χ4n) is 2.41. The van der Waals surface area contributed by atoms with E-state index in [9.17, 15) is 9.18 Å². The van der Waals surface area contributed by atoms with Gasteiger partial charge in [0, 0.05) is 5.56 Å².